The van der Waals surface area contributed by atoms with Gasteiger partial charge in [-0.15, -0.1) is 0 Å². The Labute approximate surface area is 120 Å². The second kappa shape index (κ2) is 6.92. The van der Waals surface area contributed by atoms with E-state index < -0.39 is 0 Å². The number of hydrogen-bond acceptors (Lipinski definition) is 3. The molecule has 1 saturated carbocycles. The summed E-state index contributed by atoms with van der Waals surface area (Å²) in [4.78, 5) is 26.8. The van der Waals surface area contributed by atoms with E-state index in [2.05, 4.69) is 10.6 Å². The summed E-state index contributed by atoms with van der Waals surface area (Å²) in [7, 11) is 3.57. The minimum atomic E-state index is 0.0901. The number of urea groups is 1. The smallest absolute Gasteiger partial charge is 0.319 e. The largest absolute Gasteiger partial charge is 0.353 e. The van der Waals surface area contributed by atoms with Crippen molar-refractivity contribution in [2.45, 2.75) is 44.2 Å². The van der Waals surface area contributed by atoms with Gasteiger partial charge in [-0.25, -0.2) is 4.79 Å². The summed E-state index contributed by atoms with van der Waals surface area (Å²) in [5.41, 5.74) is 0. The maximum absolute atomic E-state index is 11.8. The second-order valence-electron chi connectivity index (χ2n) is 5.98. The zero-order chi connectivity index (χ0) is 14.5. The maximum atomic E-state index is 11.8. The van der Waals surface area contributed by atoms with Crippen LogP contribution in [0.1, 0.15) is 32.1 Å². The Kier molecular flexibility index (Phi) is 5.23. The lowest BCUT2D eigenvalue weighted by Crippen LogP contribution is -2.48. The summed E-state index contributed by atoms with van der Waals surface area (Å²) >= 11 is 0. The van der Waals surface area contributed by atoms with E-state index in [0.717, 1.165) is 45.3 Å². The van der Waals surface area contributed by atoms with E-state index >= 15 is 0 Å². The Morgan fingerprint density at radius 2 is 1.75 bits per heavy atom. The summed E-state index contributed by atoms with van der Waals surface area (Å²) in [6, 6.07) is 0.963. The molecule has 0 radical (unpaired) electrons. The summed E-state index contributed by atoms with van der Waals surface area (Å²) < 4.78 is 0. The standard InChI is InChI=1S/C14H26N4O2/c1-17(2)14(20)18-9-6-11(7-10-18)15-8-5-13(19)16-12-3-4-12/h11-12,15H,3-10H2,1-2H3,(H,16,19). The molecule has 6 nitrogen and oxygen atoms in total. The van der Waals surface area contributed by atoms with Crippen LogP contribution < -0.4 is 10.6 Å². The molecule has 0 aromatic heterocycles. The van der Waals surface area contributed by atoms with Gasteiger partial charge in [-0.1, -0.05) is 0 Å². The number of carbonyl (C=O) groups excluding carboxylic acids is 2. The van der Waals surface area contributed by atoms with Gasteiger partial charge in [-0.2, -0.15) is 0 Å². The fourth-order valence-electron chi connectivity index (χ4n) is 2.48. The SMILES string of the molecule is CN(C)C(=O)N1CCC(NCCC(=O)NC2CC2)CC1. The van der Waals surface area contributed by atoms with E-state index in [1.807, 2.05) is 4.90 Å². The van der Waals surface area contributed by atoms with Crippen LogP contribution in [0.15, 0.2) is 0 Å². The van der Waals surface area contributed by atoms with Gasteiger partial charge in [0.1, 0.15) is 0 Å². The lowest BCUT2D eigenvalue weighted by molar-refractivity contribution is -0.121. The quantitative estimate of drug-likeness (QED) is 0.767. The second-order valence-corrected chi connectivity index (χ2v) is 5.98. The third-order valence-corrected chi connectivity index (χ3v) is 3.88. The first-order valence-corrected chi connectivity index (χ1v) is 7.55. The average Bonchev–Trinajstić information content (AvgIpc) is 3.22. The molecule has 1 saturated heterocycles. The molecule has 1 aliphatic heterocycles. The van der Waals surface area contributed by atoms with Crippen LogP contribution in [0, 0.1) is 0 Å². The van der Waals surface area contributed by atoms with E-state index in [-0.39, 0.29) is 11.9 Å². The molecule has 2 aliphatic rings. The van der Waals surface area contributed by atoms with Gasteiger partial charge >= 0.3 is 6.03 Å². The number of hydrogen-bond donors (Lipinski definition) is 2. The molecule has 3 amide bonds. The van der Waals surface area contributed by atoms with Crippen LogP contribution in [0.4, 0.5) is 4.79 Å². The molecule has 0 aromatic rings. The zero-order valence-corrected chi connectivity index (χ0v) is 12.5. The molecule has 0 bridgehead atoms. The van der Waals surface area contributed by atoms with Crippen LogP contribution in [-0.4, -0.2) is 67.6 Å². The summed E-state index contributed by atoms with van der Waals surface area (Å²) in [5.74, 6) is 0.153. The highest BCUT2D eigenvalue weighted by Crippen LogP contribution is 2.18. The Morgan fingerprint density at radius 1 is 1.10 bits per heavy atom. The number of rotatable bonds is 5. The Morgan fingerprint density at radius 3 is 2.30 bits per heavy atom. The third-order valence-electron chi connectivity index (χ3n) is 3.88. The van der Waals surface area contributed by atoms with Crippen molar-refractivity contribution in [3.63, 3.8) is 0 Å². The Bertz CT molecular complexity index is 347. The molecule has 2 N–H and O–H groups in total. The molecule has 114 valence electrons. The van der Waals surface area contributed by atoms with Gasteiger partial charge in [-0.3, -0.25) is 4.79 Å². The maximum Gasteiger partial charge on any atom is 0.319 e. The molecule has 0 atom stereocenters. The van der Waals surface area contributed by atoms with E-state index in [4.69, 9.17) is 0 Å². The Hall–Kier alpha value is -1.30. The molecule has 1 aliphatic carbocycles. The van der Waals surface area contributed by atoms with E-state index in [9.17, 15) is 9.59 Å². The van der Waals surface area contributed by atoms with Crippen molar-refractivity contribution in [1.82, 2.24) is 20.4 Å². The van der Waals surface area contributed by atoms with Gasteiger partial charge in [0.15, 0.2) is 0 Å². The fraction of sp³-hybridized carbons (Fsp3) is 0.857. The van der Waals surface area contributed by atoms with Crippen molar-refractivity contribution in [1.29, 1.82) is 0 Å². The summed E-state index contributed by atoms with van der Waals surface area (Å²) in [5, 5.41) is 6.41. The minimum Gasteiger partial charge on any atom is -0.353 e. The van der Waals surface area contributed by atoms with Gasteiger partial charge in [0, 0.05) is 52.2 Å². The van der Waals surface area contributed by atoms with Crippen molar-refractivity contribution in [2.24, 2.45) is 0 Å². The van der Waals surface area contributed by atoms with Crippen LogP contribution >= 0.6 is 0 Å². The molecular weight excluding hydrogens is 256 g/mol. The third kappa shape index (κ3) is 4.67. The molecule has 0 unspecified atom stereocenters. The van der Waals surface area contributed by atoms with Gasteiger partial charge < -0.3 is 20.4 Å². The van der Waals surface area contributed by atoms with Crippen LogP contribution in [0.5, 0.6) is 0 Å². The number of amides is 3. The number of likely N-dealkylation sites (tertiary alicyclic amines) is 1. The number of nitrogens with one attached hydrogen (secondary N) is 2. The van der Waals surface area contributed by atoms with Crippen molar-refractivity contribution < 1.29 is 9.59 Å². The minimum absolute atomic E-state index is 0.0901. The molecule has 2 rings (SSSR count). The molecule has 0 spiro atoms. The fourth-order valence-corrected chi connectivity index (χ4v) is 2.48. The van der Waals surface area contributed by atoms with Crippen molar-refractivity contribution in [2.75, 3.05) is 33.7 Å². The lowest BCUT2D eigenvalue weighted by atomic mass is 10.1. The normalized spacial score (nSPS) is 19.8. The summed E-state index contributed by atoms with van der Waals surface area (Å²) in [6.45, 7) is 2.32. The highest BCUT2D eigenvalue weighted by Gasteiger charge is 2.24. The highest BCUT2D eigenvalue weighted by atomic mass is 16.2. The number of piperidine rings is 1. The monoisotopic (exact) mass is 282 g/mol. The molecule has 6 heteroatoms. The predicted octanol–water partition coefficient (Wildman–Crippen LogP) is 0.391. The number of nitrogens with zero attached hydrogens (tertiary/aromatic N) is 2. The zero-order valence-electron chi connectivity index (χ0n) is 12.5. The first-order chi connectivity index (χ1) is 9.56. The van der Waals surface area contributed by atoms with Gasteiger partial charge in [0.25, 0.3) is 0 Å². The van der Waals surface area contributed by atoms with E-state index in [0.29, 0.717) is 18.5 Å². The first kappa shape index (κ1) is 15.1. The van der Waals surface area contributed by atoms with E-state index in [1.54, 1.807) is 19.0 Å². The van der Waals surface area contributed by atoms with Crippen molar-refractivity contribution >= 4 is 11.9 Å². The molecule has 1 heterocycles. The van der Waals surface area contributed by atoms with Crippen LogP contribution in [0.3, 0.4) is 0 Å². The molecule has 0 aromatic carbocycles. The van der Waals surface area contributed by atoms with Gasteiger partial charge in [0.05, 0.1) is 0 Å². The molecule has 2 fully saturated rings. The molecular formula is C14H26N4O2. The topological polar surface area (TPSA) is 64.7 Å². The average molecular weight is 282 g/mol. The van der Waals surface area contributed by atoms with Crippen molar-refractivity contribution in [3.05, 3.63) is 0 Å². The number of carbonyl (C=O) groups is 2. The Balaban J connectivity index is 1.57. The van der Waals surface area contributed by atoms with Gasteiger partial charge in [-0.05, 0) is 25.7 Å². The highest BCUT2D eigenvalue weighted by molar-refractivity contribution is 5.76. The van der Waals surface area contributed by atoms with E-state index in [1.165, 1.54) is 0 Å². The molecule has 20 heavy (non-hydrogen) atoms. The van der Waals surface area contributed by atoms with Crippen LogP contribution in [0.25, 0.3) is 0 Å². The summed E-state index contributed by atoms with van der Waals surface area (Å²) in [6.07, 6.45) is 4.75. The van der Waals surface area contributed by atoms with Crippen LogP contribution in [-0.2, 0) is 4.79 Å². The van der Waals surface area contributed by atoms with Crippen molar-refractivity contribution in [3.8, 4) is 0 Å². The first-order valence-electron chi connectivity index (χ1n) is 7.55. The lowest BCUT2D eigenvalue weighted by Gasteiger charge is -2.34. The van der Waals surface area contributed by atoms with Gasteiger partial charge in [0.2, 0.25) is 5.91 Å². The predicted molar refractivity (Wildman–Crippen MR) is 77.5 cm³/mol. The van der Waals surface area contributed by atoms with Crippen LogP contribution in [0.2, 0.25) is 0 Å².